The van der Waals surface area contributed by atoms with Gasteiger partial charge in [-0.25, -0.2) is 78.9 Å². The van der Waals surface area contributed by atoms with Gasteiger partial charge >= 0.3 is 0 Å². The zero-order chi connectivity index (χ0) is 62.3. The molecule has 7 rings (SSSR count). The van der Waals surface area contributed by atoms with E-state index in [0.29, 0.717) is 109 Å². The number of hydrogen-bond acceptors (Lipinski definition) is 12. The SMILES string of the molecule is CCS(=O)(=O)NCCC(=O)N1CCC([C@H](N)Cc2cc(F)c(F)cc2F)CC1.CS(=O)(=O)NCCC(=O)N1CCC([C@H](N)Cc2cc(F)c(F)cc2F)CC1.N[C@H](Cc1cc(F)c(F)cc1F)C1CCN(C(=O)CCNS(=O)(=O)C2CC2)CC1. The van der Waals surface area contributed by atoms with Gasteiger partial charge < -0.3 is 31.9 Å². The summed E-state index contributed by atoms with van der Waals surface area (Å²) in [7, 11) is -9.94. The topological polar surface area (TPSA) is 278 Å². The Bertz CT molecular complexity index is 3080. The lowest BCUT2D eigenvalue weighted by molar-refractivity contribution is -0.133. The quantitative estimate of drug-likeness (QED) is 0.0571. The van der Waals surface area contributed by atoms with Crippen molar-refractivity contribution in [1.29, 1.82) is 0 Å². The number of nitrogens with two attached hydrogens (primary N) is 3. The van der Waals surface area contributed by atoms with Crippen LogP contribution in [0.3, 0.4) is 0 Å². The lowest BCUT2D eigenvalue weighted by atomic mass is 9.86. The third kappa shape index (κ3) is 22.1. The van der Waals surface area contributed by atoms with Crippen LogP contribution >= 0.6 is 0 Å². The van der Waals surface area contributed by atoms with Crippen molar-refractivity contribution in [2.45, 2.75) is 120 Å². The van der Waals surface area contributed by atoms with Crippen molar-refractivity contribution >= 4 is 47.8 Å². The van der Waals surface area contributed by atoms with Gasteiger partial charge in [-0.1, -0.05) is 0 Å². The Hall–Kier alpha value is -4.95. The second-order valence-corrected chi connectivity index (χ2v) is 27.7. The van der Waals surface area contributed by atoms with Crippen LogP contribution < -0.4 is 31.4 Å². The number of hydrogen-bond donors (Lipinski definition) is 6. The van der Waals surface area contributed by atoms with Crippen LogP contribution in [0.4, 0.5) is 39.5 Å². The summed E-state index contributed by atoms with van der Waals surface area (Å²) in [5.41, 5.74) is 18.5. The van der Waals surface area contributed by atoms with E-state index in [0.717, 1.165) is 24.5 Å². The highest BCUT2D eigenvalue weighted by Crippen LogP contribution is 2.29. The van der Waals surface area contributed by atoms with Crippen molar-refractivity contribution in [2.24, 2.45) is 35.0 Å². The smallest absolute Gasteiger partial charge is 0.223 e. The maximum atomic E-state index is 13.8. The lowest BCUT2D eigenvalue weighted by Crippen LogP contribution is -2.45. The van der Waals surface area contributed by atoms with Gasteiger partial charge in [0.15, 0.2) is 34.9 Å². The van der Waals surface area contributed by atoms with Crippen molar-refractivity contribution in [3.05, 3.63) is 105 Å². The molecule has 0 radical (unpaired) electrons. The number of amides is 3. The fourth-order valence-electron chi connectivity index (χ4n) is 10.2. The highest BCUT2D eigenvalue weighted by Gasteiger charge is 2.36. The van der Waals surface area contributed by atoms with Crippen LogP contribution in [-0.4, -0.2) is 152 Å². The number of benzene rings is 3. The number of carbonyl (C=O) groups is 3. The van der Waals surface area contributed by atoms with Gasteiger partial charge in [-0.2, -0.15) is 0 Å². The maximum Gasteiger partial charge on any atom is 0.223 e. The summed E-state index contributed by atoms with van der Waals surface area (Å²) >= 11 is 0. The molecular formula is C54H76F9N9O9S3. The Morgan fingerprint density at radius 1 is 0.452 bits per heavy atom. The zero-order valence-electron chi connectivity index (χ0n) is 46.9. The monoisotopic (exact) mass is 1260 g/mol. The van der Waals surface area contributed by atoms with Crippen LogP contribution in [0.15, 0.2) is 36.4 Å². The fraction of sp³-hybridized carbons (Fsp3) is 0.611. The molecule has 3 amide bonds. The predicted molar refractivity (Wildman–Crippen MR) is 296 cm³/mol. The van der Waals surface area contributed by atoms with Crippen LogP contribution in [0.25, 0.3) is 0 Å². The second kappa shape index (κ2) is 31.6. The molecule has 3 aromatic carbocycles. The first-order valence-electron chi connectivity index (χ1n) is 27.8. The molecule has 3 aromatic rings. The van der Waals surface area contributed by atoms with Crippen molar-refractivity contribution in [2.75, 3.05) is 70.9 Å². The summed E-state index contributed by atoms with van der Waals surface area (Å²) in [5, 5.41) is -0.311. The molecule has 18 nitrogen and oxygen atoms in total. The molecule has 3 aliphatic heterocycles. The Labute approximate surface area is 485 Å². The van der Waals surface area contributed by atoms with E-state index in [4.69, 9.17) is 17.2 Å². The Morgan fingerprint density at radius 3 is 1.00 bits per heavy atom. The van der Waals surface area contributed by atoms with Gasteiger partial charge in [0.05, 0.1) is 17.3 Å². The minimum Gasteiger partial charge on any atom is -0.343 e. The molecule has 3 heterocycles. The summed E-state index contributed by atoms with van der Waals surface area (Å²) in [6.07, 6.45) is 6.55. The van der Waals surface area contributed by atoms with E-state index in [1.165, 1.54) is 6.92 Å². The summed E-state index contributed by atoms with van der Waals surface area (Å²) in [6, 6.07) is 2.76. The molecular weight excluding hydrogens is 1190 g/mol. The Kier molecular flexibility index (Phi) is 26.3. The van der Waals surface area contributed by atoms with Crippen LogP contribution in [-0.2, 0) is 63.7 Å². The number of piperidine rings is 3. The molecule has 84 heavy (non-hydrogen) atoms. The number of nitrogens with zero attached hydrogens (tertiary/aromatic N) is 3. The standard InChI is InChI=1S/C19H26F3N3O3S.C18H26F3N3O3S.C17H24F3N3O3S/c20-15-11-17(22)16(21)9-13(15)10-18(23)12-4-7-25(8-5-12)19(26)3-6-24-29(27,28)14-1-2-14;1-2-28(26,27)23-6-3-18(25)24-7-4-12(5-8-24)17(22)10-13-9-15(20)16(21)11-14(13)19;1-27(25,26)22-5-2-17(24)23-6-3-11(4-7-23)16(21)9-12-8-14(19)15(20)10-13(12)18/h9,11-12,14,18,24H,1-8,10,23H2;9,11-12,17,23H,2-8,10,22H2,1H3;8,10-11,16,22H,2-7,9,21H2,1H3/t18-;17-;16-/m111/s1. The lowest BCUT2D eigenvalue weighted by Gasteiger charge is -2.35. The molecule has 0 aromatic heterocycles. The van der Waals surface area contributed by atoms with E-state index in [2.05, 4.69) is 14.2 Å². The summed E-state index contributed by atoms with van der Waals surface area (Å²) in [4.78, 5) is 41.5. The molecule has 0 unspecified atom stereocenters. The van der Waals surface area contributed by atoms with Gasteiger partial charge in [0, 0.05) is 114 Å². The third-order valence-electron chi connectivity index (χ3n) is 15.5. The van der Waals surface area contributed by atoms with Crippen LogP contribution in [0.1, 0.15) is 94.2 Å². The van der Waals surface area contributed by atoms with Gasteiger partial charge in [-0.3, -0.25) is 14.4 Å². The first-order chi connectivity index (χ1) is 39.4. The molecule has 30 heteroatoms. The molecule has 472 valence electrons. The second-order valence-electron chi connectivity index (χ2n) is 21.7. The number of halogens is 9. The van der Waals surface area contributed by atoms with Gasteiger partial charge in [0.2, 0.25) is 47.8 Å². The number of nitrogens with one attached hydrogen (secondary N) is 3. The number of sulfonamides is 3. The first-order valence-corrected chi connectivity index (χ1v) is 32.9. The molecule has 3 atom stereocenters. The molecule has 4 aliphatic rings. The molecule has 0 spiro atoms. The number of carbonyl (C=O) groups excluding carboxylic acids is 3. The summed E-state index contributed by atoms with van der Waals surface area (Å²) in [5.74, 6) is -9.86. The average molecular weight is 1260 g/mol. The largest absolute Gasteiger partial charge is 0.343 e. The van der Waals surface area contributed by atoms with E-state index in [1.807, 2.05) is 0 Å². The van der Waals surface area contributed by atoms with E-state index < -0.39 is 101 Å². The summed E-state index contributed by atoms with van der Waals surface area (Å²) in [6.45, 7) is 4.55. The average Bonchev–Trinajstić information content (AvgIpc) is 4.39. The van der Waals surface area contributed by atoms with Crippen molar-refractivity contribution in [3.8, 4) is 0 Å². The van der Waals surface area contributed by atoms with E-state index in [1.54, 1.807) is 14.7 Å². The molecule has 0 bridgehead atoms. The molecule has 4 fully saturated rings. The van der Waals surface area contributed by atoms with Crippen LogP contribution in [0, 0.1) is 70.1 Å². The molecule has 1 aliphatic carbocycles. The third-order valence-corrected chi connectivity index (χ3v) is 19.6. The normalized spacial score (nSPS) is 17.9. The molecule has 3 saturated heterocycles. The minimum atomic E-state index is -3.33. The number of rotatable bonds is 23. The number of likely N-dealkylation sites (tertiary alicyclic amines) is 3. The highest BCUT2D eigenvalue weighted by atomic mass is 32.2. The van der Waals surface area contributed by atoms with Crippen molar-refractivity contribution in [1.82, 2.24) is 28.9 Å². The molecule has 9 N–H and O–H groups in total. The van der Waals surface area contributed by atoms with Crippen molar-refractivity contribution in [3.63, 3.8) is 0 Å². The van der Waals surface area contributed by atoms with Crippen molar-refractivity contribution < 1.29 is 79.2 Å². The first kappa shape index (κ1) is 69.8. The maximum absolute atomic E-state index is 13.8. The van der Waals surface area contributed by atoms with Crippen LogP contribution in [0.2, 0.25) is 0 Å². The van der Waals surface area contributed by atoms with E-state index in [-0.39, 0.29) is 121 Å². The minimum absolute atomic E-state index is 0.0233. The Balaban J connectivity index is 0.000000231. The van der Waals surface area contributed by atoms with Gasteiger partial charge in [0.1, 0.15) is 17.5 Å². The van der Waals surface area contributed by atoms with Crippen LogP contribution in [0.5, 0.6) is 0 Å². The van der Waals surface area contributed by atoms with Gasteiger partial charge in [-0.05, 0) is 130 Å². The fourth-order valence-corrected chi connectivity index (χ4v) is 12.7. The van der Waals surface area contributed by atoms with Gasteiger partial charge in [0.25, 0.3) is 0 Å². The Morgan fingerprint density at radius 2 is 0.726 bits per heavy atom. The molecule has 1 saturated carbocycles. The van der Waals surface area contributed by atoms with E-state index >= 15 is 0 Å². The predicted octanol–water partition coefficient (Wildman–Crippen LogP) is 4.38. The van der Waals surface area contributed by atoms with Gasteiger partial charge in [-0.15, -0.1) is 0 Å². The summed E-state index contributed by atoms with van der Waals surface area (Å²) < 4.78 is 196. The van der Waals surface area contributed by atoms with E-state index in [9.17, 15) is 79.2 Å². The highest BCUT2D eigenvalue weighted by molar-refractivity contribution is 7.90. The zero-order valence-corrected chi connectivity index (χ0v) is 49.3.